The summed E-state index contributed by atoms with van der Waals surface area (Å²) in [5.41, 5.74) is 5.98. The molecule has 7 heteroatoms. The molecule has 0 heterocycles. The molecule has 0 aromatic heterocycles. The van der Waals surface area contributed by atoms with Gasteiger partial charge in [-0.1, -0.05) is 44.2 Å². The van der Waals surface area contributed by atoms with Gasteiger partial charge >= 0.3 is 0 Å². The average Bonchev–Trinajstić information content (AvgIpc) is 2.60. The van der Waals surface area contributed by atoms with Crippen LogP contribution in [0, 0.1) is 5.41 Å². The number of hydrogen-bond donors (Lipinski definition) is 3. The van der Waals surface area contributed by atoms with Crippen molar-refractivity contribution >= 4 is 24.2 Å². The van der Waals surface area contributed by atoms with Crippen molar-refractivity contribution in [2.75, 3.05) is 19.7 Å². The van der Waals surface area contributed by atoms with Crippen LogP contribution in [0.3, 0.4) is 0 Å². The maximum atomic E-state index is 12.4. The summed E-state index contributed by atoms with van der Waals surface area (Å²) in [4.78, 5) is 24.3. The second-order valence-electron chi connectivity index (χ2n) is 7.11. The van der Waals surface area contributed by atoms with Gasteiger partial charge in [0.2, 0.25) is 11.8 Å². The fourth-order valence-corrected chi connectivity index (χ4v) is 3.19. The fourth-order valence-electron chi connectivity index (χ4n) is 3.19. The molecule has 146 valence electrons. The third-order valence-corrected chi connectivity index (χ3v) is 5.22. The number of amides is 2. The monoisotopic (exact) mass is 383 g/mol. The minimum atomic E-state index is -1.00. The van der Waals surface area contributed by atoms with Crippen LogP contribution in [0.4, 0.5) is 0 Å². The quantitative estimate of drug-likeness (QED) is 0.632. The van der Waals surface area contributed by atoms with Gasteiger partial charge in [-0.05, 0) is 18.9 Å². The number of nitrogens with two attached hydrogens (primary N) is 1. The standard InChI is InChI=1S/C19H29N3O3.ClH/c1-4-25-15-12-19(20,18(15,2)3)17(24)22-13-16(23)21-11-10-14-8-6-5-7-9-14;/h5-9,15H,4,10-13,20H2,1-3H3,(H,21,23)(H,22,24);1H. The zero-order valence-electron chi connectivity index (χ0n) is 15.7. The van der Waals surface area contributed by atoms with Gasteiger partial charge in [-0.2, -0.15) is 0 Å². The maximum absolute atomic E-state index is 12.4. The zero-order chi connectivity index (χ0) is 18.5. The van der Waals surface area contributed by atoms with Crippen molar-refractivity contribution in [3.05, 3.63) is 35.9 Å². The summed E-state index contributed by atoms with van der Waals surface area (Å²) in [7, 11) is 0. The molecule has 1 aromatic rings. The van der Waals surface area contributed by atoms with Gasteiger partial charge in [0.15, 0.2) is 0 Å². The first-order valence-corrected chi connectivity index (χ1v) is 8.80. The van der Waals surface area contributed by atoms with Gasteiger partial charge in [-0.15, -0.1) is 12.4 Å². The molecule has 0 bridgehead atoms. The number of carbonyl (C=O) groups excluding carboxylic acids is 2. The Hall–Kier alpha value is -1.63. The lowest BCUT2D eigenvalue weighted by atomic mass is 9.54. The largest absolute Gasteiger partial charge is 0.378 e. The van der Waals surface area contributed by atoms with E-state index in [1.165, 1.54) is 0 Å². The maximum Gasteiger partial charge on any atom is 0.241 e. The van der Waals surface area contributed by atoms with Gasteiger partial charge in [0.25, 0.3) is 0 Å². The van der Waals surface area contributed by atoms with E-state index in [4.69, 9.17) is 10.5 Å². The highest BCUT2D eigenvalue weighted by atomic mass is 35.5. The Morgan fingerprint density at radius 1 is 1.23 bits per heavy atom. The van der Waals surface area contributed by atoms with Crippen LogP contribution in [0.1, 0.15) is 32.8 Å². The van der Waals surface area contributed by atoms with E-state index in [1.54, 1.807) is 0 Å². The number of ether oxygens (including phenoxy) is 1. The van der Waals surface area contributed by atoms with Crippen molar-refractivity contribution in [1.82, 2.24) is 10.6 Å². The summed E-state index contributed by atoms with van der Waals surface area (Å²) >= 11 is 0. The molecule has 0 saturated heterocycles. The second kappa shape index (κ2) is 9.35. The molecule has 2 rings (SSSR count). The van der Waals surface area contributed by atoms with E-state index in [2.05, 4.69) is 10.6 Å². The van der Waals surface area contributed by atoms with Crippen LogP contribution in [0.2, 0.25) is 0 Å². The molecule has 1 aliphatic carbocycles. The molecule has 0 spiro atoms. The molecule has 2 unspecified atom stereocenters. The van der Waals surface area contributed by atoms with Crippen LogP contribution in [-0.4, -0.2) is 43.2 Å². The van der Waals surface area contributed by atoms with Gasteiger partial charge in [0, 0.05) is 25.0 Å². The molecule has 2 amide bonds. The molecule has 0 radical (unpaired) electrons. The van der Waals surface area contributed by atoms with Gasteiger partial charge in [-0.25, -0.2) is 0 Å². The van der Waals surface area contributed by atoms with E-state index in [-0.39, 0.29) is 36.9 Å². The van der Waals surface area contributed by atoms with Crippen molar-refractivity contribution in [3.8, 4) is 0 Å². The molecule has 6 nitrogen and oxygen atoms in total. The number of benzene rings is 1. The van der Waals surface area contributed by atoms with Gasteiger partial charge < -0.3 is 21.1 Å². The summed E-state index contributed by atoms with van der Waals surface area (Å²) < 4.78 is 5.62. The topological polar surface area (TPSA) is 93.4 Å². The number of carbonyl (C=O) groups is 2. The summed E-state index contributed by atoms with van der Waals surface area (Å²) in [6, 6.07) is 9.92. The van der Waals surface area contributed by atoms with Crippen LogP contribution in [0.15, 0.2) is 30.3 Å². The molecule has 4 N–H and O–H groups in total. The van der Waals surface area contributed by atoms with Crippen LogP contribution in [-0.2, 0) is 20.7 Å². The Kier molecular flexibility index (Phi) is 8.06. The van der Waals surface area contributed by atoms with E-state index in [9.17, 15) is 9.59 Å². The van der Waals surface area contributed by atoms with Gasteiger partial charge in [0.05, 0.1) is 12.6 Å². The predicted octanol–water partition coefficient (Wildman–Crippen LogP) is 1.42. The van der Waals surface area contributed by atoms with Crippen molar-refractivity contribution in [2.45, 2.75) is 45.3 Å². The fraction of sp³-hybridized carbons (Fsp3) is 0.579. The van der Waals surface area contributed by atoms with E-state index in [1.807, 2.05) is 51.1 Å². The highest BCUT2D eigenvalue weighted by Gasteiger charge is 2.62. The van der Waals surface area contributed by atoms with Crippen LogP contribution in [0.25, 0.3) is 0 Å². The minimum Gasteiger partial charge on any atom is -0.378 e. The summed E-state index contributed by atoms with van der Waals surface area (Å²) in [5.74, 6) is -0.516. The normalized spacial score (nSPS) is 23.3. The second-order valence-corrected chi connectivity index (χ2v) is 7.11. The lowest BCUT2D eigenvalue weighted by Gasteiger charge is -2.57. The SMILES string of the molecule is CCOC1CC(N)(C(=O)NCC(=O)NCCc2ccccc2)C1(C)C.Cl. The number of nitrogens with one attached hydrogen (secondary N) is 2. The third-order valence-electron chi connectivity index (χ3n) is 5.22. The molecule has 1 aliphatic rings. The minimum absolute atomic E-state index is 0. The third kappa shape index (κ3) is 4.75. The van der Waals surface area contributed by atoms with Crippen LogP contribution >= 0.6 is 12.4 Å². The molecule has 2 atom stereocenters. The summed E-state index contributed by atoms with van der Waals surface area (Å²) in [5, 5.41) is 5.46. The Balaban J connectivity index is 0.00000338. The van der Waals surface area contributed by atoms with Crippen molar-refractivity contribution in [2.24, 2.45) is 11.1 Å². The highest BCUT2D eigenvalue weighted by Crippen LogP contribution is 2.49. The van der Waals surface area contributed by atoms with Crippen LogP contribution in [0.5, 0.6) is 0 Å². The lowest BCUT2D eigenvalue weighted by molar-refractivity contribution is -0.170. The number of hydrogen-bond acceptors (Lipinski definition) is 4. The molecule has 0 aliphatic heterocycles. The highest BCUT2D eigenvalue weighted by molar-refractivity contribution is 5.92. The Labute approximate surface area is 161 Å². The molecule has 1 saturated carbocycles. The summed E-state index contributed by atoms with van der Waals surface area (Å²) in [6.45, 7) is 6.83. The van der Waals surface area contributed by atoms with Gasteiger partial charge in [-0.3, -0.25) is 9.59 Å². The van der Waals surface area contributed by atoms with E-state index in [0.29, 0.717) is 19.6 Å². The van der Waals surface area contributed by atoms with E-state index < -0.39 is 11.0 Å². The first-order chi connectivity index (χ1) is 11.8. The Bertz CT molecular complexity index is 609. The van der Waals surface area contributed by atoms with Crippen molar-refractivity contribution in [1.29, 1.82) is 0 Å². The first kappa shape index (κ1) is 22.4. The van der Waals surface area contributed by atoms with Crippen LogP contribution < -0.4 is 16.4 Å². The number of halogens is 1. The van der Waals surface area contributed by atoms with E-state index in [0.717, 1.165) is 12.0 Å². The lowest BCUT2D eigenvalue weighted by Crippen LogP contribution is -2.76. The van der Waals surface area contributed by atoms with Gasteiger partial charge in [0.1, 0.15) is 5.54 Å². The molecule has 1 fully saturated rings. The summed E-state index contributed by atoms with van der Waals surface area (Å²) in [6.07, 6.45) is 1.19. The molecule has 26 heavy (non-hydrogen) atoms. The Morgan fingerprint density at radius 2 is 1.88 bits per heavy atom. The smallest absolute Gasteiger partial charge is 0.241 e. The van der Waals surface area contributed by atoms with Crippen molar-refractivity contribution in [3.63, 3.8) is 0 Å². The average molecular weight is 384 g/mol. The van der Waals surface area contributed by atoms with Crippen molar-refractivity contribution < 1.29 is 14.3 Å². The molecular weight excluding hydrogens is 354 g/mol. The molecule has 1 aromatic carbocycles. The number of rotatable bonds is 8. The first-order valence-electron chi connectivity index (χ1n) is 8.80. The zero-order valence-corrected chi connectivity index (χ0v) is 16.5. The predicted molar refractivity (Wildman–Crippen MR) is 104 cm³/mol. The van der Waals surface area contributed by atoms with E-state index >= 15 is 0 Å². The Morgan fingerprint density at radius 3 is 2.46 bits per heavy atom. The molecular formula is C19H30ClN3O3.